The Balaban J connectivity index is 2.83. The second-order valence-corrected chi connectivity index (χ2v) is 6.46. The van der Waals surface area contributed by atoms with E-state index in [9.17, 15) is 14.7 Å². The number of aromatic nitrogens is 1. The van der Waals surface area contributed by atoms with E-state index in [0.29, 0.717) is 22.5 Å². The van der Waals surface area contributed by atoms with Crippen LogP contribution >= 0.6 is 11.6 Å². The molecular formula is C15H16ClNO3. The number of carboxylic acids is 1. The second kappa shape index (κ2) is 4.94. The zero-order valence-electron chi connectivity index (χ0n) is 11.6. The third-order valence-corrected chi connectivity index (χ3v) is 3.15. The zero-order chi connectivity index (χ0) is 15.1. The summed E-state index contributed by atoms with van der Waals surface area (Å²) < 4.78 is 1.80. The van der Waals surface area contributed by atoms with Crippen LogP contribution in [0.2, 0.25) is 5.02 Å². The number of benzene rings is 1. The van der Waals surface area contributed by atoms with Crippen molar-refractivity contribution in [3.05, 3.63) is 45.2 Å². The minimum atomic E-state index is -1.22. The standard InChI is InChI=1S/C15H16ClNO3/c1-15(2,3)8-17-7-11(14(19)20)13(18)10-6-9(16)4-5-12(10)17/h4-7H,8H2,1-3H3,(H,19,20). The van der Waals surface area contributed by atoms with E-state index in [0.717, 1.165) is 0 Å². The molecule has 1 aromatic heterocycles. The number of halogens is 1. The lowest BCUT2D eigenvalue weighted by atomic mass is 9.96. The monoisotopic (exact) mass is 293 g/mol. The summed E-state index contributed by atoms with van der Waals surface area (Å²) in [6, 6.07) is 4.96. The lowest BCUT2D eigenvalue weighted by Crippen LogP contribution is -2.22. The highest BCUT2D eigenvalue weighted by Crippen LogP contribution is 2.22. The van der Waals surface area contributed by atoms with Crippen LogP contribution in [0.1, 0.15) is 31.1 Å². The predicted molar refractivity (Wildman–Crippen MR) is 79.6 cm³/mol. The topological polar surface area (TPSA) is 59.3 Å². The van der Waals surface area contributed by atoms with Gasteiger partial charge in [-0.1, -0.05) is 32.4 Å². The maximum atomic E-state index is 12.2. The Morgan fingerprint density at radius 3 is 2.55 bits per heavy atom. The van der Waals surface area contributed by atoms with Gasteiger partial charge in [0.15, 0.2) is 0 Å². The Labute approximate surface area is 121 Å². The van der Waals surface area contributed by atoms with E-state index in [1.54, 1.807) is 16.7 Å². The van der Waals surface area contributed by atoms with Crippen molar-refractivity contribution >= 4 is 28.5 Å². The Bertz CT molecular complexity index is 741. The van der Waals surface area contributed by atoms with E-state index >= 15 is 0 Å². The van der Waals surface area contributed by atoms with Gasteiger partial charge in [-0.2, -0.15) is 0 Å². The molecule has 2 aromatic rings. The van der Waals surface area contributed by atoms with Crippen LogP contribution in [0.3, 0.4) is 0 Å². The fraction of sp³-hybridized carbons (Fsp3) is 0.333. The van der Waals surface area contributed by atoms with Gasteiger partial charge in [0.2, 0.25) is 5.43 Å². The molecule has 0 radical (unpaired) electrons. The van der Waals surface area contributed by atoms with Crippen molar-refractivity contribution in [2.45, 2.75) is 27.3 Å². The third kappa shape index (κ3) is 2.85. The van der Waals surface area contributed by atoms with Crippen molar-refractivity contribution < 1.29 is 9.90 Å². The largest absolute Gasteiger partial charge is 0.477 e. The molecule has 0 atom stereocenters. The molecule has 0 aliphatic carbocycles. The summed E-state index contributed by atoms with van der Waals surface area (Å²) in [4.78, 5) is 23.4. The summed E-state index contributed by atoms with van der Waals surface area (Å²) >= 11 is 5.91. The van der Waals surface area contributed by atoms with Crippen LogP contribution in [-0.4, -0.2) is 15.6 Å². The molecular weight excluding hydrogens is 278 g/mol. The SMILES string of the molecule is CC(C)(C)Cn1cc(C(=O)O)c(=O)c2cc(Cl)ccc21. The van der Waals surface area contributed by atoms with Crippen LogP contribution in [0.15, 0.2) is 29.2 Å². The van der Waals surface area contributed by atoms with Gasteiger partial charge in [-0.3, -0.25) is 4.79 Å². The van der Waals surface area contributed by atoms with Crippen molar-refractivity contribution in [2.24, 2.45) is 5.41 Å². The van der Waals surface area contributed by atoms with E-state index in [4.69, 9.17) is 11.6 Å². The fourth-order valence-electron chi connectivity index (χ4n) is 2.16. The molecule has 4 nitrogen and oxygen atoms in total. The Kier molecular flexibility index (Phi) is 3.61. The van der Waals surface area contributed by atoms with E-state index in [2.05, 4.69) is 0 Å². The molecule has 5 heteroatoms. The second-order valence-electron chi connectivity index (χ2n) is 6.03. The summed E-state index contributed by atoms with van der Waals surface area (Å²) in [5.41, 5.74) is -0.0827. The van der Waals surface area contributed by atoms with Crippen molar-refractivity contribution in [2.75, 3.05) is 0 Å². The number of hydrogen-bond donors (Lipinski definition) is 1. The normalized spacial score (nSPS) is 11.8. The number of pyridine rings is 1. The Morgan fingerprint density at radius 1 is 1.35 bits per heavy atom. The van der Waals surface area contributed by atoms with Crippen LogP contribution in [0.5, 0.6) is 0 Å². The van der Waals surface area contributed by atoms with Crippen molar-refractivity contribution in [3.63, 3.8) is 0 Å². The quantitative estimate of drug-likeness (QED) is 0.923. The average molecular weight is 294 g/mol. The molecule has 0 saturated heterocycles. The van der Waals surface area contributed by atoms with E-state index in [-0.39, 0.29) is 11.0 Å². The number of carbonyl (C=O) groups is 1. The molecule has 0 amide bonds. The number of rotatable bonds is 2. The zero-order valence-corrected chi connectivity index (χ0v) is 12.4. The van der Waals surface area contributed by atoms with E-state index < -0.39 is 11.4 Å². The van der Waals surface area contributed by atoms with Gasteiger partial charge in [0.05, 0.1) is 5.52 Å². The summed E-state index contributed by atoms with van der Waals surface area (Å²) in [7, 11) is 0. The average Bonchev–Trinajstić information content (AvgIpc) is 2.30. The van der Waals surface area contributed by atoms with Gasteiger partial charge in [0, 0.05) is 23.2 Å². The molecule has 0 aliphatic heterocycles. The molecule has 0 bridgehead atoms. The van der Waals surface area contributed by atoms with Gasteiger partial charge in [0.1, 0.15) is 5.56 Å². The molecule has 0 fully saturated rings. The molecule has 1 N–H and O–H groups in total. The molecule has 0 aliphatic rings. The number of fused-ring (bicyclic) bond motifs is 1. The van der Waals surface area contributed by atoms with Gasteiger partial charge in [0.25, 0.3) is 0 Å². The lowest BCUT2D eigenvalue weighted by molar-refractivity contribution is 0.0694. The molecule has 0 spiro atoms. The summed E-state index contributed by atoms with van der Waals surface area (Å²) in [5, 5.41) is 9.92. The summed E-state index contributed by atoms with van der Waals surface area (Å²) in [6.45, 7) is 6.75. The first kappa shape index (κ1) is 14.6. The molecule has 1 aromatic carbocycles. The molecule has 0 unspecified atom stereocenters. The van der Waals surface area contributed by atoms with Gasteiger partial charge < -0.3 is 9.67 Å². The molecule has 2 rings (SSSR count). The number of hydrogen-bond acceptors (Lipinski definition) is 2. The number of nitrogens with zero attached hydrogens (tertiary/aromatic N) is 1. The van der Waals surface area contributed by atoms with Crippen LogP contribution in [0.4, 0.5) is 0 Å². The van der Waals surface area contributed by atoms with Crippen LogP contribution in [-0.2, 0) is 6.54 Å². The van der Waals surface area contributed by atoms with E-state index in [1.165, 1.54) is 12.3 Å². The maximum Gasteiger partial charge on any atom is 0.341 e. The first-order valence-corrected chi connectivity index (χ1v) is 6.63. The highest BCUT2D eigenvalue weighted by molar-refractivity contribution is 6.31. The highest BCUT2D eigenvalue weighted by Gasteiger charge is 2.18. The number of carboxylic acid groups (broad SMARTS) is 1. The van der Waals surface area contributed by atoms with E-state index in [1.807, 2.05) is 20.8 Å². The van der Waals surface area contributed by atoms with Gasteiger partial charge in [-0.25, -0.2) is 4.79 Å². The van der Waals surface area contributed by atoms with Gasteiger partial charge in [-0.15, -0.1) is 0 Å². The van der Waals surface area contributed by atoms with Crippen molar-refractivity contribution in [1.29, 1.82) is 0 Å². The molecule has 106 valence electrons. The van der Waals surface area contributed by atoms with Gasteiger partial charge >= 0.3 is 5.97 Å². The number of aromatic carboxylic acids is 1. The molecule has 20 heavy (non-hydrogen) atoms. The van der Waals surface area contributed by atoms with Crippen molar-refractivity contribution in [1.82, 2.24) is 4.57 Å². The van der Waals surface area contributed by atoms with Crippen molar-refractivity contribution in [3.8, 4) is 0 Å². The van der Waals surface area contributed by atoms with Crippen LogP contribution in [0.25, 0.3) is 10.9 Å². The predicted octanol–water partition coefficient (Wildman–Crippen LogP) is 3.40. The minimum absolute atomic E-state index is 0.0442. The smallest absolute Gasteiger partial charge is 0.341 e. The van der Waals surface area contributed by atoms with Crippen LogP contribution in [0, 0.1) is 5.41 Å². The first-order valence-electron chi connectivity index (χ1n) is 6.25. The maximum absolute atomic E-state index is 12.2. The highest BCUT2D eigenvalue weighted by atomic mass is 35.5. The molecule has 1 heterocycles. The summed E-state index contributed by atoms with van der Waals surface area (Å²) in [6.07, 6.45) is 1.41. The minimum Gasteiger partial charge on any atom is -0.477 e. The third-order valence-electron chi connectivity index (χ3n) is 2.92. The fourth-order valence-corrected chi connectivity index (χ4v) is 2.34. The van der Waals surface area contributed by atoms with Crippen LogP contribution < -0.4 is 5.43 Å². The lowest BCUT2D eigenvalue weighted by Gasteiger charge is -2.22. The molecule has 0 saturated carbocycles. The Morgan fingerprint density at radius 2 is 2.00 bits per heavy atom. The van der Waals surface area contributed by atoms with Gasteiger partial charge in [-0.05, 0) is 23.6 Å². The summed E-state index contributed by atoms with van der Waals surface area (Å²) in [5.74, 6) is -1.22. The first-order chi connectivity index (χ1) is 9.19. The Hall–Kier alpha value is -1.81.